The van der Waals surface area contributed by atoms with Gasteiger partial charge in [-0.1, -0.05) is 0 Å². The van der Waals surface area contributed by atoms with Crippen molar-refractivity contribution in [2.45, 2.75) is 12.5 Å². The standard InChI is InChI=1S/C12H13N3O2/c1-15-5-4-11(12(15)16)17-10-3-2-9(14)6-8(10)7-13/h2-3,6,11H,4-5,14H2,1H3. The minimum absolute atomic E-state index is 0.0503. The molecule has 2 rings (SSSR count). The molecule has 1 aliphatic heterocycles. The van der Waals surface area contributed by atoms with Gasteiger partial charge in [0.25, 0.3) is 5.91 Å². The van der Waals surface area contributed by atoms with Crippen molar-refractivity contribution in [3.63, 3.8) is 0 Å². The maximum absolute atomic E-state index is 11.7. The number of nitriles is 1. The van der Waals surface area contributed by atoms with Gasteiger partial charge in [-0.05, 0) is 18.2 Å². The number of carbonyl (C=O) groups is 1. The molecule has 5 heteroatoms. The lowest BCUT2D eigenvalue weighted by Gasteiger charge is -2.14. The summed E-state index contributed by atoms with van der Waals surface area (Å²) in [4.78, 5) is 13.3. The SMILES string of the molecule is CN1CCC(Oc2ccc(N)cc2C#N)C1=O. The molecule has 2 N–H and O–H groups in total. The summed E-state index contributed by atoms with van der Waals surface area (Å²) < 4.78 is 5.57. The second-order valence-corrected chi connectivity index (χ2v) is 4.02. The van der Waals surface area contributed by atoms with Crippen LogP contribution in [0.15, 0.2) is 18.2 Å². The Labute approximate surface area is 99.4 Å². The third-order valence-corrected chi connectivity index (χ3v) is 2.77. The first-order valence-corrected chi connectivity index (χ1v) is 5.33. The van der Waals surface area contributed by atoms with Gasteiger partial charge in [0.15, 0.2) is 6.10 Å². The molecule has 17 heavy (non-hydrogen) atoms. The van der Waals surface area contributed by atoms with E-state index in [2.05, 4.69) is 0 Å². The number of nitrogens with two attached hydrogens (primary N) is 1. The van der Waals surface area contributed by atoms with Crippen molar-refractivity contribution in [2.75, 3.05) is 19.3 Å². The molecule has 1 unspecified atom stereocenters. The number of nitrogens with zero attached hydrogens (tertiary/aromatic N) is 2. The fourth-order valence-corrected chi connectivity index (χ4v) is 1.79. The van der Waals surface area contributed by atoms with Crippen LogP contribution in [0.2, 0.25) is 0 Å². The van der Waals surface area contributed by atoms with Gasteiger partial charge in [0.2, 0.25) is 0 Å². The van der Waals surface area contributed by atoms with Crippen LogP contribution in [-0.2, 0) is 4.79 Å². The van der Waals surface area contributed by atoms with Crippen LogP contribution in [0, 0.1) is 11.3 Å². The lowest BCUT2D eigenvalue weighted by Crippen LogP contribution is -2.29. The first-order chi connectivity index (χ1) is 8.11. The van der Waals surface area contributed by atoms with Crippen molar-refractivity contribution in [2.24, 2.45) is 0 Å². The van der Waals surface area contributed by atoms with E-state index in [0.717, 1.165) is 0 Å². The Bertz CT molecular complexity index is 493. The number of nitrogen functional groups attached to an aromatic ring is 1. The second-order valence-electron chi connectivity index (χ2n) is 4.02. The molecule has 0 aromatic heterocycles. The second kappa shape index (κ2) is 4.34. The lowest BCUT2D eigenvalue weighted by atomic mass is 10.2. The summed E-state index contributed by atoms with van der Waals surface area (Å²) in [5.74, 6) is 0.362. The normalized spacial score (nSPS) is 19.2. The van der Waals surface area contributed by atoms with Crippen molar-refractivity contribution < 1.29 is 9.53 Å². The fraction of sp³-hybridized carbons (Fsp3) is 0.333. The fourth-order valence-electron chi connectivity index (χ4n) is 1.79. The Hall–Kier alpha value is -2.22. The highest BCUT2D eigenvalue weighted by molar-refractivity contribution is 5.83. The van der Waals surface area contributed by atoms with Gasteiger partial charge >= 0.3 is 0 Å². The molecule has 1 aliphatic rings. The minimum Gasteiger partial charge on any atom is -0.479 e. The predicted octanol–water partition coefficient (Wildman–Crippen LogP) is 0.750. The van der Waals surface area contributed by atoms with Gasteiger partial charge in [-0.2, -0.15) is 5.26 Å². The molecule has 0 aliphatic carbocycles. The zero-order valence-corrected chi connectivity index (χ0v) is 9.51. The number of benzene rings is 1. The number of hydrogen-bond donors (Lipinski definition) is 1. The average Bonchev–Trinajstić information content (AvgIpc) is 2.63. The molecule has 1 heterocycles. The summed E-state index contributed by atoms with van der Waals surface area (Å²) in [7, 11) is 1.74. The quantitative estimate of drug-likeness (QED) is 0.762. The summed E-state index contributed by atoms with van der Waals surface area (Å²) in [6, 6.07) is 6.82. The topological polar surface area (TPSA) is 79.3 Å². The number of carbonyl (C=O) groups excluding carboxylic acids is 1. The van der Waals surface area contributed by atoms with Crippen molar-refractivity contribution >= 4 is 11.6 Å². The van der Waals surface area contributed by atoms with Gasteiger partial charge in [0.1, 0.15) is 11.8 Å². The van der Waals surface area contributed by atoms with E-state index in [-0.39, 0.29) is 5.91 Å². The molecule has 1 fully saturated rings. The number of hydrogen-bond acceptors (Lipinski definition) is 4. The maximum atomic E-state index is 11.7. The van der Waals surface area contributed by atoms with Crippen LogP contribution in [0.3, 0.4) is 0 Å². The van der Waals surface area contributed by atoms with E-state index in [1.54, 1.807) is 30.1 Å². The van der Waals surface area contributed by atoms with Crippen LogP contribution >= 0.6 is 0 Å². The first-order valence-electron chi connectivity index (χ1n) is 5.33. The van der Waals surface area contributed by atoms with Gasteiger partial charge < -0.3 is 15.4 Å². The van der Waals surface area contributed by atoms with Gasteiger partial charge in [-0.3, -0.25) is 4.79 Å². The van der Waals surface area contributed by atoms with E-state index in [1.165, 1.54) is 0 Å². The molecule has 0 spiro atoms. The molecule has 1 saturated heterocycles. The smallest absolute Gasteiger partial charge is 0.263 e. The number of amides is 1. The lowest BCUT2D eigenvalue weighted by molar-refractivity contribution is -0.132. The number of likely N-dealkylation sites (N-methyl/N-ethyl adjacent to an activating group) is 1. The molecule has 0 radical (unpaired) electrons. The van der Waals surface area contributed by atoms with E-state index in [1.807, 2.05) is 6.07 Å². The van der Waals surface area contributed by atoms with E-state index in [4.69, 9.17) is 15.7 Å². The third kappa shape index (κ3) is 2.16. The van der Waals surface area contributed by atoms with Gasteiger partial charge in [0, 0.05) is 25.7 Å². The van der Waals surface area contributed by atoms with Gasteiger partial charge in [-0.15, -0.1) is 0 Å². The molecule has 5 nitrogen and oxygen atoms in total. The van der Waals surface area contributed by atoms with Crippen molar-refractivity contribution in [1.82, 2.24) is 4.90 Å². The third-order valence-electron chi connectivity index (χ3n) is 2.77. The Balaban J connectivity index is 2.20. The monoisotopic (exact) mass is 231 g/mol. The largest absolute Gasteiger partial charge is 0.479 e. The average molecular weight is 231 g/mol. The maximum Gasteiger partial charge on any atom is 0.263 e. The number of rotatable bonds is 2. The molecular formula is C12H13N3O2. The Morgan fingerprint density at radius 1 is 1.59 bits per heavy atom. The highest BCUT2D eigenvalue weighted by atomic mass is 16.5. The Morgan fingerprint density at radius 2 is 2.35 bits per heavy atom. The van der Waals surface area contributed by atoms with Crippen LogP contribution in [0.1, 0.15) is 12.0 Å². The van der Waals surface area contributed by atoms with Gasteiger partial charge in [0.05, 0.1) is 5.56 Å². The van der Waals surface area contributed by atoms with Crippen LogP contribution in [0.4, 0.5) is 5.69 Å². The summed E-state index contributed by atoms with van der Waals surface area (Å²) >= 11 is 0. The minimum atomic E-state index is -0.490. The van der Waals surface area contributed by atoms with Crippen LogP contribution in [0.5, 0.6) is 5.75 Å². The molecule has 1 atom stereocenters. The van der Waals surface area contributed by atoms with E-state index in [0.29, 0.717) is 30.0 Å². The number of likely N-dealkylation sites (tertiary alicyclic amines) is 1. The molecular weight excluding hydrogens is 218 g/mol. The summed E-state index contributed by atoms with van der Waals surface area (Å²) in [6.45, 7) is 0.681. The molecule has 0 saturated carbocycles. The highest BCUT2D eigenvalue weighted by Crippen LogP contribution is 2.24. The zero-order chi connectivity index (χ0) is 12.4. The van der Waals surface area contributed by atoms with Crippen LogP contribution in [-0.4, -0.2) is 30.5 Å². The number of ether oxygens (including phenoxy) is 1. The van der Waals surface area contributed by atoms with E-state index >= 15 is 0 Å². The molecule has 1 aromatic rings. The van der Waals surface area contributed by atoms with Crippen LogP contribution < -0.4 is 10.5 Å². The van der Waals surface area contributed by atoms with Gasteiger partial charge in [-0.25, -0.2) is 0 Å². The predicted molar refractivity (Wildman–Crippen MR) is 62.2 cm³/mol. The highest BCUT2D eigenvalue weighted by Gasteiger charge is 2.31. The van der Waals surface area contributed by atoms with E-state index < -0.39 is 6.10 Å². The van der Waals surface area contributed by atoms with Crippen molar-refractivity contribution in [3.05, 3.63) is 23.8 Å². The van der Waals surface area contributed by atoms with Crippen LogP contribution in [0.25, 0.3) is 0 Å². The van der Waals surface area contributed by atoms with Crippen molar-refractivity contribution in [1.29, 1.82) is 5.26 Å². The molecule has 1 amide bonds. The first kappa shape index (κ1) is 11.3. The molecule has 1 aromatic carbocycles. The van der Waals surface area contributed by atoms with E-state index in [9.17, 15) is 4.79 Å². The molecule has 88 valence electrons. The summed E-state index contributed by atoms with van der Waals surface area (Å²) in [6.07, 6.45) is 0.153. The molecule has 0 bridgehead atoms. The Kier molecular flexibility index (Phi) is 2.88. The zero-order valence-electron chi connectivity index (χ0n) is 9.51. The van der Waals surface area contributed by atoms with Crippen molar-refractivity contribution in [3.8, 4) is 11.8 Å². The summed E-state index contributed by atoms with van der Waals surface area (Å²) in [5.41, 5.74) is 6.44. The number of anilines is 1. The Morgan fingerprint density at radius 3 is 2.94 bits per heavy atom. The summed E-state index contributed by atoms with van der Waals surface area (Å²) in [5, 5.41) is 8.95.